The summed E-state index contributed by atoms with van der Waals surface area (Å²) in [4.78, 5) is 0. The van der Waals surface area contributed by atoms with Crippen LogP contribution in [0.15, 0.2) is 42.5 Å². The van der Waals surface area contributed by atoms with E-state index < -0.39 is 0 Å². The van der Waals surface area contributed by atoms with Gasteiger partial charge in [0.15, 0.2) is 0 Å². The van der Waals surface area contributed by atoms with Crippen molar-refractivity contribution in [1.82, 2.24) is 0 Å². The molecule has 0 radical (unpaired) electrons. The molecular formula is C20H23NO. The molecule has 0 saturated heterocycles. The van der Waals surface area contributed by atoms with Gasteiger partial charge in [0.05, 0.1) is 18.7 Å². The van der Waals surface area contributed by atoms with Gasteiger partial charge in [-0.15, -0.1) is 0 Å². The second kappa shape index (κ2) is 7.13. The number of methoxy groups -OCH3 is 1. The van der Waals surface area contributed by atoms with E-state index in [9.17, 15) is 5.26 Å². The van der Waals surface area contributed by atoms with E-state index in [4.69, 9.17) is 4.74 Å². The smallest absolute Gasteiger partial charge is 0.122 e. The standard InChI is InChI=1S/C20H23NO/c1-14(2)18-10-9-16(12-20(18)22-4)11-15(3)19-8-6-5-7-17(19)13-21/h5-10,12,14-15H,11H2,1-4H3. The summed E-state index contributed by atoms with van der Waals surface area (Å²) in [6.45, 7) is 6.51. The minimum Gasteiger partial charge on any atom is -0.496 e. The van der Waals surface area contributed by atoms with E-state index in [1.807, 2.05) is 24.3 Å². The largest absolute Gasteiger partial charge is 0.496 e. The minimum absolute atomic E-state index is 0.297. The quantitative estimate of drug-likeness (QED) is 0.774. The van der Waals surface area contributed by atoms with Crippen molar-refractivity contribution in [2.75, 3.05) is 7.11 Å². The highest BCUT2D eigenvalue weighted by Crippen LogP contribution is 2.30. The van der Waals surface area contributed by atoms with Gasteiger partial charge in [0, 0.05) is 0 Å². The van der Waals surface area contributed by atoms with Crippen molar-refractivity contribution < 1.29 is 4.74 Å². The highest BCUT2D eigenvalue weighted by molar-refractivity contribution is 5.42. The van der Waals surface area contributed by atoms with Crippen molar-refractivity contribution in [3.05, 3.63) is 64.7 Å². The Morgan fingerprint density at radius 3 is 2.41 bits per heavy atom. The summed E-state index contributed by atoms with van der Waals surface area (Å²) in [6.07, 6.45) is 0.896. The van der Waals surface area contributed by atoms with Gasteiger partial charge >= 0.3 is 0 Å². The fraction of sp³-hybridized carbons (Fsp3) is 0.350. The number of benzene rings is 2. The molecular weight excluding hydrogens is 270 g/mol. The second-order valence-electron chi connectivity index (χ2n) is 6.04. The van der Waals surface area contributed by atoms with Gasteiger partial charge in [-0.3, -0.25) is 0 Å². The number of nitrogens with zero attached hydrogens (tertiary/aromatic N) is 1. The zero-order valence-corrected chi connectivity index (χ0v) is 13.8. The van der Waals surface area contributed by atoms with Crippen LogP contribution in [0.2, 0.25) is 0 Å². The maximum absolute atomic E-state index is 9.24. The Morgan fingerprint density at radius 1 is 1.05 bits per heavy atom. The van der Waals surface area contributed by atoms with Crippen LogP contribution in [0, 0.1) is 11.3 Å². The molecule has 2 heteroatoms. The molecule has 0 saturated carbocycles. The van der Waals surface area contributed by atoms with Crippen molar-refractivity contribution in [2.45, 2.75) is 39.0 Å². The second-order valence-corrected chi connectivity index (χ2v) is 6.04. The predicted octanol–water partition coefficient (Wildman–Crippen LogP) is 5.04. The molecule has 0 amide bonds. The van der Waals surface area contributed by atoms with Crippen LogP contribution in [-0.4, -0.2) is 7.11 Å². The highest BCUT2D eigenvalue weighted by Gasteiger charge is 2.13. The van der Waals surface area contributed by atoms with E-state index in [1.165, 1.54) is 11.1 Å². The number of rotatable bonds is 5. The first-order valence-electron chi connectivity index (χ1n) is 7.72. The maximum Gasteiger partial charge on any atom is 0.122 e. The third kappa shape index (κ3) is 3.49. The minimum atomic E-state index is 0.297. The number of nitriles is 1. The van der Waals surface area contributed by atoms with Crippen LogP contribution in [-0.2, 0) is 6.42 Å². The molecule has 0 spiro atoms. The lowest BCUT2D eigenvalue weighted by molar-refractivity contribution is 0.407. The molecule has 2 nitrogen and oxygen atoms in total. The van der Waals surface area contributed by atoms with Crippen LogP contribution < -0.4 is 4.74 Å². The lowest BCUT2D eigenvalue weighted by atomic mass is 9.89. The average molecular weight is 293 g/mol. The molecule has 0 aliphatic rings. The predicted molar refractivity (Wildman–Crippen MR) is 90.4 cm³/mol. The lowest BCUT2D eigenvalue weighted by Gasteiger charge is -2.16. The zero-order chi connectivity index (χ0) is 16.1. The Hall–Kier alpha value is -2.27. The fourth-order valence-electron chi connectivity index (χ4n) is 2.85. The fourth-order valence-corrected chi connectivity index (χ4v) is 2.85. The van der Waals surface area contributed by atoms with Gasteiger partial charge in [-0.05, 0) is 47.1 Å². The van der Waals surface area contributed by atoms with Crippen molar-refractivity contribution in [2.24, 2.45) is 0 Å². The molecule has 114 valence electrons. The Labute approximate surface area is 133 Å². The third-order valence-corrected chi connectivity index (χ3v) is 4.07. The zero-order valence-electron chi connectivity index (χ0n) is 13.8. The van der Waals surface area contributed by atoms with E-state index in [-0.39, 0.29) is 0 Å². The molecule has 0 heterocycles. The normalized spacial score (nSPS) is 12.0. The van der Waals surface area contributed by atoms with Crippen LogP contribution in [0.1, 0.15) is 54.9 Å². The van der Waals surface area contributed by atoms with Crippen LogP contribution in [0.3, 0.4) is 0 Å². The first-order chi connectivity index (χ1) is 10.6. The average Bonchev–Trinajstić information content (AvgIpc) is 2.54. The molecule has 0 N–H and O–H groups in total. The lowest BCUT2D eigenvalue weighted by Crippen LogP contribution is -2.02. The van der Waals surface area contributed by atoms with E-state index >= 15 is 0 Å². The molecule has 2 rings (SSSR count). The monoisotopic (exact) mass is 293 g/mol. The van der Waals surface area contributed by atoms with E-state index in [2.05, 4.69) is 45.0 Å². The van der Waals surface area contributed by atoms with Crippen LogP contribution in [0.4, 0.5) is 0 Å². The maximum atomic E-state index is 9.24. The van der Waals surface area contributed by atoms with Crippen molar-refractivity contribution in [1.29, 1.82) is 5.26 Å². The molecule has 0 aliphatic heterocycles. The summed E-state index contributed by atoms with van der Waals surface area (Å²) in [5, 5.41) is 9.24. The van der Waals surface area contributed by atoms with Crippen molar-refractivity contribution in [3.63, 3.8) is 0 Å². The van der Waals surface area contributed by atoms with Crippen molar-refractivity contribution >= 4 is 0 Å². The first-order valence-corrected chi connectivity index (χ1v) is 7.72. The Kier molecular flexibility index (Phi) is 5.22. The molecule has 0 fully saturated rings. The van der Waals surface area contributed by atoms with Gasteiger partial charge in [0.2, 0.25) is 0 Å². The highest BCUT2D eigenvalue weighted by atomic mass is 16.5. The summed E-state index contributed by atoms with van der Waals surface area (Å²) in [5.74, 6) is 1.69. The van der Waals surface area contributed by atoms with Gasteiger partial charge in [0.25, 0.3) is 0 Å². The van der Waals surface area contributed by atoms with E-state index in [0.717, 1.165) is 23.3 Å². The Balaban J connectivity index is 2.25. The third-order valence-electron chi connectivity index (χ3n) is 4.07. The van der Waals surface area contributed by atoms with Crippen molar-refractivity contribution in [3.8, 4) is 11.8 Å². The van der Waals surface area contributed by atoms with Gasteiger partial charge in [0.1, 0.15) is 5.75 Å². The number of ether oxygens (including phenoxy) is 1. The summed E-state index contributed by atoms with van der Waals surface area (Å²) in [5.41, 5.74) is 4.34. The Morgan fingerprint density at radius 2 is 1.77 bits per heavy atom. The molecule has 0 aromatic heterocycles. The van der Waals surface area contributed by atoms with Gasteiger partial charge in [-0.1, -0.05) is 51.1 Å². The van der Waals surface area contributed by atoms with E-state index in [1.54, 1.807) is 7.11 Å². The first kappa shape index (κ1) is 16.1. The van der Waals surface area contributed by atoms with Gasteiger partial charge < -0.3 is 4.74 Å². The molecule has 1 atom stereocenters. The topological polar surface area (TPSA) is 33.0 Å². The Bertz CT molecular complexity index is 682. The number of hydrogen-bond donors (Lipinski definition) is 0. The summed E-state index contributed by atoms with van der Waals surface area (Å²) < 4.78 is 5.53. The van der Waals surface area contributed by atoms with Gasteiger partial charge in [-0.2, -0.15) is 5.26 Å². The molecule has 0 aliphatic carbocycles. The number of hydrogen-bond acceptors (Lipinski definition) is 2. The van der Waals surface area contributed by atoms with Crippen LogP contribution >= 0.6 is 0 Å². The van der Waals surface area contributed by atoms with Crippen LogP contribution in [0.25, 0.3) is 0 Å². The molecule has 1 unspecified atom stereocenters. The summed E-state index contributed by atoms with van der Waals surface area (Å²) in [6, 6.07) is 16.6. The van der Waals surface area contributed by atoms with E-state index in [0.29, 0.717) is 11.8 Å². The summed E-state index contributed by atoms with van der Waals surface area (Å²) >= 11 is 0. The van der Waals surface area contributed by atoms with Crippen LogP contribution in [0.5, 0.6) is 5.75 Å². The molecule has 2 aromatic rings. The SMILES string of the molecule is COc1cc(CC(C)c2ccccc2C#N)ccc1C(C)C. The molecule has 2 aromatic carbocycles. The molecule has 22 heavy (non-hydrogen) atoms. The molecule has 0 bridgehead atoms. The van der Waals surface area contributed by atoms with Gasteiger partial charge in [-0.25, -0.2) is 0 Å². The summed E-state index contributed by atoms with van der Waals surface area (Å²) in [7, 11) is 1.72.